The third-order valence-corrected chi connectivity index (χ3v) is 1.65. The van der Waals surface area contributed by atoms with Crippen LogP contribution in [0.2, 0.25) is 0 Å². The number of rotatable bonds is 0. The lowest BCUT2D eigenvalue weighted by molar-refractivity contribution is 1.000. The molecule has 0 radical (unpaired) electrons. The largest absolute Gasteiger partial charge is 0.290 e. The highest BCUT2D eigenvalue weighted by Crippen LogP contribution is 2.04. The van der Waals surface area contributed by atoms with Crippen LogP contribution < -0.4 is 5.56 Å². The average molecular weight is 161 g/mol. The molecule has 0 aromatic carbocycles. The highest BCUT2D eigenvalue weighted by Gasteiger charge is 1.98. The lowest BCUT2D eigenvalue weighted by Gasteiger charge is -1.94. The van der Waals surface area contributed by atoms with E-state index in [1.54, 1.807) is 6.20 Å². The Balaban J connectivity index is 2.98. The van der Waals surface area contributed by atoms with E-state index < -0.39 is 0 Å². The van der Waals surface area contributed by atoms with Crippen molar-refractivity contribution in [3.63, 3.8) is 0 Å². The highest BCUT2D eigenvalue weighted by atomic mass is 16.1. The van der Waals surface area contributed by atoms with Gasteiger partial charge in [0.25, 0.3) is 5.56 Å². The molecule has 0 atom stereocenters. The van der Waals surface area contributed by atoms with Gasteiger partial charge in [0.2, 0.25) is 0 Å². The van der Waals surface area contributed by atoms with Crippen LogP contribution in [0, 0.1) is 6.92 Å². The molecule has 0 bridgehead atoms. The Kier molecular flexibility index (Phi) is 1.40. The number of aromatic nitrogens is 3. The maximum atomic E-state index is 11.2. The SMILES string of the molecule is Cc1ccc2cn[nH]c(=O)c2n1. The van der Waals surface area contributed by atoms with E-state index in [-0.39, 0.29) is 5.56 Å². The summed E-state index contributed by atoms with van der Waals surface area (Å²) in [4.78, 5) is 15.2. The van der Waals surface area contributed by atoms with Crippen LogP contribution in [0.4, 0.5) is 0 Å². The molecule has 0 fully saturated rings. The van der Waals surface area contributed by atoms with Crippen LogP contribution in [0.1, 0.15) is 5.69 Å². The number of H-pyrrole nitrogens is 1. The van der Waals surface area contributed by atoms with E-state index in [4.69, 9.17) is 0 Å². The Morgan fingerprint density at radius 3 is 3.08 bits per heavy atom. The molecule has 2 aromatic heterocycles. The van der Waals surface area contributed by atoms with Gasteiger partial charge in [-0.2, -0.15) is 5.10 Å². The Hall–Kier alpha value is -1.71. The molecule has 2 rings (SSSR count). The predicted molar refractivity (Wildman–Crippen MR) is 44.9 cm³/mol. The smallest absolute Gasteiger partial charge is 0.266 e. The topological polar surface area (TPSA) is 58.6 Å². The van der Waals surface area contributed by atoms with Crippen molar-refractivity contribution in [2.45, 2.75) is 6.92 Å². The summed E-state index contributed by atoms with van der Waals surface area (Å²) in [6.07, 6.45) is 1.59. The number of fused-ring (bicyclic) bond motifs is 1. The van der Waals surface area contributed by atoms with Gasteiger partial charge in [0.15, 0.2) is 0 Å². The van der Waals surface area contributed by atoms with Gasteiger partial charge in [-0.3, -0.25) is 4.79 Å². The number of hydrogen-bond donors (Lipinski definition) is 1. The van der Waals surface area contributed by atoms with Gasteiger partial charge < -0.3 is 0 Å². The third kappa shape index (κ3) is 0.972. The summed E-state index contributed by atoms with van der Waals surface area (Å²) in [7, 11) is 0. The van der Waals surface area contributed by atoms with Gasteiger partial charge in [-0.15, -0.1) is 0 Å². The van der Waals surface area contributed by atoms with Crippen LogP contribution in [0.3, 0.4) is 0 Å². The first-order valence-electron chi connectivity index (χ1n) is 3.58. The van der Waals surface area contributed by atoms with Gasteiger partial charge in [0, 0.05) is 11.1 Å². The van der Waals surface area contributed by atoms with E-state index in [0.29, 0.717) is 5.52 Å². The van der Waals surface area contributed by atoms with E-state index in [9.17, 15) is 4.79 Å². The summed E-state index contributed by atoms with van der Waals surface area (Å²) in [5.74, 6) is 0. The summed E-state index contributed by atoms with van der Waals surface area (Å²) in [6.45, 7) is 1.85. The summed E-state index contributed by atoms with van der Waals surface area (Å²) < 4.78 is 0. The van der Waals surface area contributed by atoms with Gasteiger partial charge in [-0.25, -0.2) is 10.1 Å². The van der Waals surface area contributed by atoms with E-state index in [1.807, 2.05) is 19.1 Å². The summed E-state index contributed by atoms with van der Waals surface area (Å²) >= 11 is 0. The predicted octanol–water partition coefficient (Wildman–Crippen LogP) is 0.627. The molecule has 2 heterocycles. The number of hydrogen-bond acceptors (Lipinski definition) is 3. The van der Waals surface area contributed by atoms with Crippen molar-refractivity contribution >= 4 is 10.9 Å². The van der Waals surface area contributed by atoms with Crippen LogP contribution in [0.25, 0.3) is 10.9 Å². The fourth-order valence-electron chi connectivity index (χ4n) is 1.07. The summed E-state index contributed by atoms with van der Waals surface area (Å²) in [5.41, 5.74) is 1.04. The van der Waals surface area contributed by atoms with Crippen LogP contribution in [0.5, 0.6) is 0 Å². The minimum Gasteiger partial charge on any atom is -0.266 e. The molecule has 1 N–H and O–H groups in total. The van der Waals surface area contributed by atoms with Gasteiger partial charge in [-0.1, -0.05) is 0 Å². The molecule has 0 saturated heterocycles. The Morgan fingerprint density at radius 1 is 1.42 bits per heavy atom. The fourth-order valence-corrected chi connectivity index (χ4v) is 1.07. The molecular formula is C8H7N3O. The molecule has 0 amide bonds. The van der Waals surface area contributed by atoms with Crippen molar-refractivity contribution in [3.05, 3.63) is 34.4 Å². The average Bonchev–Trinajstić information content (AvgIpc) is 2.07. The van der Waals surface area contributed by atoms with Crippen molar-refractivity contribution in [3.8, 4) is 0 Å². The molecule has 0 spiro atoms. The molecule has 4 heteroatoms. The normalized spacial score (nSPS) is 10.4. The number of nitrogens with zero attached hydrogens (tertiary/aromatic N) is 2. The summed E-state index contributed by atoms with van der Waals surface area (Å²) in [5, 5.41) is 6.77. The second kappa shape index (κ2) is 2.41. The zero-order valence-electron chi connectivity index (χ0n) is 6.53. The number of pyridine rings is 1. The molecular weight excluding hydrogens is 154 g/mol. The van der Waals surface area contributed by atoms with Gasteiger partial charge in [0.1, 0.15) is 5.52 Å². The second-order valence-corrected chi connectivity index (χ2v) is 2.59. The van der Waals surface area contributed by atoms with E-state index >= 15 is 0 Å². The maximum Gasteiger partial charge on any atom is 0.290 e. The lowest BCUT2D eigenvalue weighted by atomic mass is 10.3. The molecule has 0 saturated carbocycles. The first-order chi connectivity index (χ1) is 5.77. The molecule has 0 aliphatic rings. The van der Waals surface area contributed by atoms with Crippen LogP contribution in [-0.4, -0.2) is 15.2 Å². The monoisotopic (exact) mass is 161 g/mol. The van der Waals surface area contributed by atoms with Gasteiger partial charge >= 0.3 is 0 Å². The first-order valence-corrected chi connectivity index (χ1v) is 3.58. The van der Waals surface area contributed by atoms with Crippen molar-refractivity contribution < 1.29 is 0 Å². The maximum absolute atomic E-state index is 11.2. The minimum atomic E-state index is -0.240. The molecule has 0 aliphatic carbocycles. The molecule has 0 aliphatic heterocycles. The van der Waals surface area contributed by atoms with E-state index in [0.717, 1.165) is 11.1 Å². The molecule has 0 unspecified atom stereocenters. The molecule has 2 aromatic rings. The second-order valence-electron chi connectivity index (χ2n) is 2.59. The van der Waals surface area contributed by atoms with Crippen molar-refractivity contribution in [2.75, 3.05) is 0 Å². The quantitative estimate of drug-likeness (QED) is 0.616. The van der Waals surface area contributed by atoms with Crippen molar-refractivity contribution in [1.29, 1.82) is 0 Å². The van der Waals surface area contributed by atoms with Crippen LogP contribution in [0.15, 0.2) is 23.1 Å². The number of aryl methyl sites for hydroxylation is 1. The molecule has 4 nitrogen and oxygen atoms in total. The third-order valence-electron chi connectivity index (χ3n) is 1.65. The van der Waals surface area contributed by atoms with E-state index in [1.165, 1.54) is 0 Å². The zero-order valence-corrected chi connectivity index (χ0v) is 6.53. The Morgan fingerprint density at radius 2 is 2.25 bits per heavy atom. The van der Waals surface area contributed by atoms with Crippen LogP contribution in [-0.2, 0) is 0 Å². The summed E-state index contributed by atoms with van der Waals surface area (Å²) in [6, 6.07) is 3.68. The molecule has 60 valence electrons. The number of aromatic amines is 1. The Labute approximate surface area is 68.3 Å². The zero-order chi connectivity index (χ0) is 8.55. The van der Waals surface area contributed by atoms with Gasteiger partial charge in [0.05, 0.1) is 6.20 Å². The minimum absolute atomic E-state index is 0.240. The van der Waals surface area contributed by atoms with Crippen molar-refractivity contribution in [2.24, 2.45) is 0 Å². The standard InChI is InChI=1S/C8H7N3O/c1-5-2-3-6-4-9-11-8(12)7(6)10-5/h2-4H,1H3,(H,11,12). The van der Waals surface area contributed by atoms with Crippen LogP contribution >= 0.6 is 0 Å². The Bertz CT molecular complexity index is 475. The van der Waals surface area contributed by atoms with E-state index in [2.05, 4.69) is 15.2 Å². The lowest BCUT2D eigenvalue weighted by Crippen LogP contribution is -2.09. The first kappa shape index (κ1) is 6.97. The number of nitrogens with one attached hydrogen (secondary N) is 1. The molecule has 12 heavy (non-hydrogen) atoms. The van der Waals surface area contributed by atoms with Crippen molar-refractivity contribution in [1.82, 2.24) is 15.2 Å². The van der Waals surface area contributed by atoms with Gasteiger partial charge in [-0.05, 0) is 19.1 Å². The fraction of sp³-hybridized carbons (Fsp3) is 0.125. The highest BCUT2D eigenvalue weighted by molar-refractivity contribution is 5.76.